The number of allylic oxidation sites excluding steroid dienone is 1. The van der Waals surface area contributed by atoms with Crippen molar-refractivity contribution in [2.45, 2.75) is 26.3 Å². The standard InChI is InChI=1S/C13H18ClNO2/c1-9(15-13(2,3)8-16)12(17)10-5-4-6-11(14)7-10/h4-7,15-17H,8H2,1-3H3/b12-9-. The van der Waals surface area contributed by atoms with Crippen molar-refractivity contribution in [1.82, 2.24) is 5.32 Å². The molecule has 0 heterocycles. The van der Waals surface area contributed by atoms with Crippen LogP contribution in [0.5, 0.6) is 0 Å². The molecule has 0 amide bonds. The number of rotatable bonds is 4. The van der Waals surface area contributed by atoms with Gasteiger partial charge >= 0.3 is 0 Å². The average Bonchev–Trinajstić information content (AvgIpc) is 2.27. The van der Waals surface area contributed by atoms with Crippen LogP contribution < -0.4 is 5.32 Å². The van der Waals surface area contributed by atoms with Gasteiger partial charge in [0, 0.05) is 10.6 Å². The van der Waals surface area contributed by atoms with Gasteiger partial charge in [-0.15, -0.1) is 0 Å². The Bertz CT molecular complexity index is 427. The lowest BCUT2D eigenvalue weighted by Crippen LogP contribution is -2.41. The monoisotopic (exact) mass is 255 g/mol. The third-order valence-corrected chi connectivity index (χ3v) is 2.61. The third kappa shape index (κ3) is 3.95. The fourth-order valence-corrected chi connectivity index (χ4v) is 1.65. The summed E-state index contributed by atoms with van der Waals surface area (Å²) in [4.78, 5) is 0. The molecule has 4 heteroatoms. The quantitative estimate of drug-likeness (QED) is 0.725. The number of aliphatic hydroxyl groups is 2. The number of nitrogens with one attached hydrogen (secondary N) is 1. The minimum atomic E-state index is -0.476. The number of aliphatic hydroxyl groups excluding tert-OH is 2. The molecule has 0 saturated carbocycles. The molecule has 0 fully saturated rings. The van der Waals surface area contributed by atoms with Gasteiger partial charge in [0.1, 0.15) is 5.76 Å². The van der Waals surface area contributed by atoms with Crippen LogP contribution in [0.4, 0.5) is 0 Å². The van der Waals surface area contributed by atoms with Crippen LogP contribution in [0, 0.1) is 0 Å². The van der Waals surface area contributed by atoms with Gasteiger partial charge in [-0.25, -0.2) is 0 Å². The van der Waals surface area contributed by atoms with Gasteiger partial charge in [0.15, 0.2) is 0 Å². The summed E-state index contributed by atoms with van der Waals surface area (Å²) >= 11 is 5.86. The van der Waals surface area contributed by atoms with Crippen LogP contribution in [0.25, 0.3) is 5.76 Å². The van der Waals surface area contributed by atoms with E-state index in [0.29, 0.717) is 16.3 Å². The van der Waals surface area contributed by atoms with Crippen LogP contribution in [-0.2, 0) is 0 Å². The molecule has 17 heavy (non-hydrogen) atoms. The molecule has 94 valence electrons. The van der Waals surface area contributed by atoms with Crippen molar-refractivity contribution in [1.29, 1.82) is 0 Å². The summed E-state index contributed by atoms with van der Waals surface area (Å²) in [7, 11) is 0. The fourth-order valence-electron chi connectivity index (χ4n) is 1.46. The first-order valence-electron chi connectivity index (χ1n) is 5.40. The van der Waals surface area contributed by atoms with Crippen LogP contribution >= 0.6 is 11.6 Å². The second-order valence-corrected chi connectivity index (χ2v) is 5.09. The van der Waals surface area contributed by atoms with Crippen molar-refractivity contribution in [2.75, 3.05) is 6.61 Å². The van der Waals surface area contributed by atoms with Gasteiger partial charge in [0.2, 0.25) is 0 Å². The van der Waals surface area contributed by atoms with E-state index in [2.05, 4.69) is 5.32 Å². The van der Waals surface area contributed by atoms with E-state index in [0.717, 1.165) is 0 Å². The SMILES string of the molecule is C/C(NC(C)(C)CO)=C(/O)c1cccc(Cl)c1. The fraction of sp³-hybridized carbons (Fsp3) is 0.385. The van der Waals surface area contributed by atoms with E-state index < -0.39 is 5.54 Å². The van der Waals surface area contributed by atoms with Crippen LogP contribution in [-0.4, -0.2) is 22.4 Å². The minimum absolute atomic E-state index is 0.0207. The predicted molar refractivity (Wildman–Crippen MR) is 71.0 cm³/mol. The molecular weight excluding hydrogens is 238 g/mol. The summed E-state index contributed by atoms with van der Waals surface area (Å²) in [6.45, 7) is 5.43. The Balaban J connectivity index is 2.97. The van der Waals surface area contributed by atoms with Crippen LogP contribution in [0.1, 0.15) is 26.3 Å². The smallest absolute Gasteiger partial charge is 0.141 e. The van der Waals surface area contributed by atoms with E-state index in [1.165, 1.54) is 0 Å². The van der Waals surface area contributed by atoms with Crippen molar-refractivity contribution < 1.29 is 10.2 Å². The van der Waals surface area contributed by atoms with E-state index in [9.17, 15) is 5.11 Å². The second-order valence-electron chi connectivity index (χ2n) is 4.65. The largest absolute Gasteiger partial charge is 0.506 e. The molecule has 0 bridgehead atoms. The highest BCUT2D eigenvalue weighted by molar-refractivity contribution is 6.30. The Morgan fingerprint density at radius 2 is 2.06 bits per heavy atom. The number of benzene rings is 1. The molecule has 3 N–H and O–H groups in total. The summed E-state index contributed by atoms with van der Waals surface area (Å²) < 4.78 is 0. The van der Waals surface area contributed by atoms with Crippen LogP contribution in [0.3, 0.4) is 0 Å². The lowest BCUT2D eigenvalue weighted by molar-refractivity contribution is 0.198. The summed E-state index contributed by atoms with van der Waals surface area (Å²) in [5.41, 5.74) is 0.777. The van der Waals surface area contributed by atoms with E-state index in [-0.39, 0.29) is 12.4 Å². The van der Waals surface area contributed by atoms with Crippen molar-refractivity contribution in [3.8, 4) is 0 Å². The van der Waals surface area contributed by atoms with E-state index in [1.807, 2.05) is 13.8 Å². The summed E-state index contributed by atoms with van der Waals surface area (Å²) in [5.74, 6) is 0.133. The van der Waals surface area contributed by atoms with Gasteiger partial charge in [0.25, 0.3) is 0 Å². The van der Waals surface area contributed by atoms with Crippen molar-refractivity contribution in [3.63, 3.8) is 0 Å². The zero-order valence-corrected chi connectivity index (χ0v) is 11.0. The molecule has 1 rings (SSSR count). The molecule has 0 aromatic heterocycles. The molecule has 0 atom stereocenters. The molecule has 0 aliphatic heterocycles. The molecule has 0 spiro atoms. The van der Waals surface area contributed by atoms with Gasteiger partial charge < -0.3 is 15.5 Å². The Kier molecular flexibility index (Phi) is 4.43. The van der Waals surface area contributed by atoms with E-state index >= 15 is 0 Å². The molecular formula is C13H18ClNO2. The molecule has 0 saturated heterocycles. The molecule has 0 aliphatic rings. The van der Waals surface area contributed by atoms with Crippen LogP contribution in [0.15, 0.2) is 30.0 Å². The summed E-state index contributed by atoms with van der Waals surface area (Å²) in [5, 5.41) is 22.8. The predicted octanol–water partition coefficient (Wildman–Crippen LogP) is 2.95. The Hall–Kier alpha value is -1.19. The van der Waals surface area contributed by atoms with Gasteiger partial charge in [-0.3, -0.25) is 0 Å². The lowest BCUT2D eigenvalue weighted by Gasteiger charge is -2.25. The highest BCUT2D eigenvalue weighted by Crippen LogP contribution is 2.19. The molecule has 3 nitrogen and oxygen atoms in total. The zero-order chi connectivity index (χ0) is 13.1. The van der Waals surface area contributed by atoms with Gasteiger partial charge in [-0.2, -0.15) is 0 Å². The van der Waals surface area contributed by atoms with Gasteiger partial charge in [0.05, 0.1) is 17.8 Å². The first-order chi connectivity index (χ1) is 7.85. The normalized spacial score (nSPS) is 13.2. The molecule has 1 aromatic carbocycles. The first kappa shape index (κ1) is 13.9. The van der Waals surface area contributed by atoms with Crippen molar-refractivity contribution in [2.24, 2.45) is 0 Å². The maximum atomic E-state index is 10.0. The summed E-state index contributed by atoms with van der Waals surface area (Å²) in [6.07, 6.45) is 0. The number of halogens is 1. The molecule has 1 aromatic rings. The lowest BCUT2D eigenvalue weighted by atomic mass is 10.1. The zero-order valence-electron chi connectivity index (χ0n) is 10.3. The maximum Gasteiger partial charge on any atom is 0.141 e. The Labute approximate surface area is 107 Å². The van der Waals surface area contributed by atoms with Crippen LogP contribution in [0.2, 0.25) is 5.02 Å². The first-order valence-corrected chi connectivity index (χ1v) is 5.78. The van der Waals surface area contributed by atoms with E-state index in [1.54, 1.807) is 31.2 Å². The highest BCUT2D eigenvalue weighted by atomic mass is 35.5. The second kappa shape index (κ2) is 5.43. The number of hydrogen-bond acceptors (Lipinski definition) is 3. The van der Waals surface area contributed by atoms with Gasteiger partial charge in [-0.05, 0) is 32.9 Å². The minimum Gasteiger partial charge on any atom is -0.506 e. The molecule has 0 unspecified atom stereocenters. The van der Waals surface area contributed by atoms with Crippen molar-refractivity contribution >= 4 is 17.4 Å². The van der Waals surface area contributed by atoms with Crippen molar-refractivity contribution in [3.05, 3.63) is 40.5 Å². The summed E-state index contributed by atoms with van der Waals surface area (Å²) in [6, 6.07) is 6.99. The van der Waals surface area contributed by atoms with E-state index in [4.69, 9.17) is 16.7 Å². The topological polar surface area (TPSA) is 52.5 Å². The maximum absolute atomic E-state index is 10.0. The van der Waals surface area contributed by atoms with Gasteiger partial charge in [-0.1, -0.05) is 23.7 Å². The molecule has 0 radical (unpaired) electrons. The average molecular weight is 256 g/mol. The number of hydrogen-bond donors (Lipinski definition) is 3. The Morgan fingerprint density at radius 1 is 1.41 bits per heavy atom. The highest BCUT2D eigenvalue weighted by Gasteiger charge is 2.17. The Morgan fingerprint density at radius 3 is 2.59 bits per heavy atom. The molecule has 0 aliphatic carbocycles. The third-order valence-electron chi connectivity index (χ3n) is 2.37.